The first kappa shape index (κ1) is 12.3. The highest BCUT2D eigenvalue weighted by Crippen LogP contribution is 2.38. The van der Waals surface area contributed by atoms with Crippen LogP contribution in [0.25, 0.3) is 0 Å². The molecule has 0 heterocycles. The summed E-state index contributed by atoms with van der Waals surface area (Å²) in [7, 11) is 1.92. The minimum absolute atomic E-state index is 0.308. The molecule has 0 saturated heterocycles. The van der Waals surface area contributed by atoms with Crippen molar-refractivity contribution in [1.29, 1.82) is 0 Å². The first-order chi connectivity index (χ1) is 8.33. The predicted molar refractivity (Wildman–Crippen MR) is 70.5 cm³/mol. The monoisotopic (exact) mass is 231 g/mol. The minimum Gasteiger partial charge on any atom is -0.320 e. The molecule has 0 bridgehead atoms. The van der Waals surface area contributed by atoms with Gasteiger partial charge in [-0.05, 0) is 44.3 Å². The van der Waals surface area contributed by atoms with Gasteiger partial charge in [-0.3, -0.25) is 4.79 Å². The SMILES string of the molecule is CNCCCC(=O)c1ccccc1C1CCC1. The van der Waals surface area contributed by atoms with Crippen molar-refractivity contribution in [3.05, 3.63) is 35.4 Å². The van der Waals surface area contributed by atoms with Crippen LogP contribution in [0.1, 0.15) is 53.9 Å². The van der Waals surface area contributed by atoms with Gasteiger partial charge in [0.2, 0.25) is 0 Å². The van der Waals surface area contributed by atoms with Crippen LogP contribution in [-0.2, 0) is 0 Å². The highest BCUT2D eigenvalue weighted by Gasteiger charge is 2.23. The van der Waals surface area contributed by atoms with E-state index >= 15 is 0 Å². The molecule has 0 spiro atoms. The lowest BCUT2D eigenvalue weighted by Gasteiger charge is -2.27. The quantitative estimate of drug-likeness (QED) is 0.602. The summed E-state index contributed by atoms with van der Waals surface area (Å²) in [5.41, 5.74) is 2.25. The summed E-state index contributed by atoms with van der Waals surface area (Å²) in [4.78, 5) is 12.2. The fourth-order valence-corrected chi connectivity index (χ4v) is 2.39. The highest BCUT2D eigenvalue weighted by atomic mass is 16.1. The van der Waals surface area contributed by atoms with Gasteiger partial charge in [0.05, 0.1) is 0 Å². The van der Waals surface area contributed by atoms with Crippen molar-refractivity contribution in [2.24, 2.45) is 0 Å². The summed E-state index contributed by atoms with van der Waals surface area (Å²) in [5.74, 6) is 0.946. The highest BCUT2D eigenvalue weighted by molar-refractivity contribution is 5.97. The van der Waals surface area contributed by atoms with Crippen LogP contribution < -0.4 is 5.32 Å². The number of benzene rings is 1. The van der Waals surface area contributed by atoms with E-state index in [0.717, 1.165) is 18.5 Å². The molecule has 1 N–H and O–H groups in total. The van der Waals surface area contributed by atoms with Gasteiger partial charge in [-0.25, -0.2) is 0 Å². The van der Waals surface area contributed by atoms with Gasteiger partial charge in [-0.15, -0.1) is 0 Å². The number of ketones is 1. The van der Waals surface area contributed by atoms with Crippen LogP contribution in [0.4, 0.5) is 0 Å². The van der Waals surface area contributed by atoms with Gasteiger partial charge >= 0.3 is 0 Å². The van der Waals surface area contributed by atoms with Crippen molar-refractivity contribution >= 4 is 5.78 Å². The fourth-order valence-electron chi connectivity index (χ4n) is 2.39. The fraction of sp³-hybridized carbons (Fsp3) is 0.533. The van der Waals surface area contributed by atoms with Gasteiger partial charge in [-0.2, -0.15) is 0 Å². The number of hydrogen-bond acceptors (Lipinski definition) is 2. The molecule has 0 unspecified atom stereocenters. The summed E-state index contributed by atoms with van der Waals surface area (Å²) < 4.78 is 0. The minimum atomic E-state index is 0.308. The molecular weight excluding hydrogens is 210 g/mol. The summed E-state index contributed by atoms with van der Waals surface area (Å²) in [5, 5.41) is 3.08. The van der Waals surface area contributed by atoms with Gasteiger partial charge in [0.25, 0.3) is 0 Å². The van der Waals surface area contributed by atoms with Crippen molar-refractivity contribution < 1.29 is 4.79 Å². The average molecular weight is 231 g/mol. The summed E-state index contributed by atoms with van der Waals surface area (Å²) >= 11 is 0. The third-order valence-electron chi connectivity index (χ3n) is 3.64. The molecule has 1 fully saturated rings. The molecule has 17 heavy (non-hydrogen) atoms. The van der Waals surface area contributed by atoms with E-state index in [-0.39, 0.29) is 0 Å². The average Bonchev–Trinajstić information content (AvgIpc) is 2.28. The number of rotatable bonds is 6. The van der Waals surface area contributed by atoms with Gasteiger partial charge in [0.15, 0.2) is 5.78 Å². The smallest absolute Gasteiger partial charge is 0.163 e. The first-order valence-electron chi connectivity index (χ1n) is 6.59. The Labute approximate surface area is 103 Å². The Hall–Kier alpha value is -1.15. The topological polar surface area (TPSA) is 29.1 Å². The number of Topliss-reactive ketones (excluding diaryl/α,β-unsaturated/α-hetero) is 1. The molecule has 0 aliphatic heterocycles. The van der Waals surface area contributed by atoms with E-state index in [1.54, 1.807) is 0 Å². The molecule has 2 rings (SSSR count). The van der Waals surface area contributed by atoms with E-state index in [4.69, 9.17) is 0 Å². The third kappa shape index (κ3) is 2.95. The molecule has 2 nitrogen and oxygen atoms in total. The van der Waals surface area contributed by atoms with Crippen molar-refractivity contribution in [2.75, 3.05) is 13.6 Å². The Balaban J connectivity index is 2.05. The van der Waals surface area contributed by atoms with Crippen LogP contribution in [0.15, 0.2) is 24.3 Å². The van der Waals surface area contributed by atoms with E-state index in [1.165, 1.54) is 24.8 Å². The Bertz CT molecular complexity index is 382. The lowest BCUT2D eigenvalue weighted by molar-refractivity contribution is 0.0978. The van der Waals surface area contributed by atoms with E-state index in [0.29, 0.717) is 18.1 Å². The summed E-state index contributed by atoms with van der Waals surface area (Å²) in [6, 6.07) is 8.16. The second-order valence-electron chi connectivity index (χ2n) is 4.85. The van der Waals surface area contributed by atoms with E-state index in [1.807, 2.05) is 19.2 Å². The van der Waals surface area contributed by atoms with Gasteiger partial charge in [-0.1, -0.05) is 30.7 Å². The molecular formula is C15H21NO. The van der Waals surface area contributed by atoms with Crippen LogP contribution in [0.2, 0.25) is 0 Å². The Morgan fingerprint density at radius 3 is 2.76 bits per heavy atom. The molecule has 0 amide bonds. The van der Waals surface area contributed by atoms with Crippen molar-refractivity contribution in [3.63, 3.8) is 0 Å². The van der Waals surface area contributed by atoms with E-state index < -0.39 is 0 Å². The molecule has 1 aromatic rings. The molecule has 0 radical (unpaired) electrons. The standard InChI is InChI=1S/C15H21NO/c1-16-11-5-10-15(17)14-9-3-2-8-13(14)12-6-4-7-12/h2-3,8-9,12,16H,4-7,10-11H2,1H3. The van der Waals surface area contributed by atoms with Gasteiger partial charge in [0, 0.05) is 12.0 Å². The van der Waals surface area contributed by atoms with Crippen molar-refractivity contribution in [1.82, 2.24) is 5.32 Å². The van der Waals surface area contributed by atoms with Crippen LogP contribution in [-0.4, -0.2) is 19.4 Å². The molecule has 92 valence electrons. The van der Waals surface area contributed by atoms with Gasteiger partial charge < -0.3 is 5.32 Å². The predicted octanol–water partition coefficient (Wildman–Crippen LogP) is 3.14. The lowest BCUT2D eigenvalue weighted by atomic mass is 9.77. The molecule has 1 aliphatic rings. The van der Waals surface area contributed by atoms with Crippen LogP contribution in [0, 0.1) is 0 Å². The molecule has 2 heteroatoms. The maximum absolute atomic E-state index is 12.2. The zero-order valence-corrected chi connectivity index (χ0v) is 10.5. The second kappa shape index (κ2) is 5.97. The second-order valence-corrected chi connectivity index (χ2v) is 4.85. The maximum Gasteiger partial charge on any atom is 0.163 e. The Morgan fingerprint density at radius 1 is 1.35 bits per heavy atom. The van der Waals surface area contributed by atoms with Crippen LogP contribution >= 0.6 is 0 Å². The first-order valence-corrected chi connectivity index (χ1v) is 6.59. The molecule has 1 aromatic carbocycles. The maximum atomic E-state index is 12.2. The Kier molecular flexibility index (Phi) is 4.32. The number of nitrogens with one attached hydrogen (secondary N) is 1. The number of carbonyl (C=O) groups is 1. The third-order valence-corrected chi connectivity index (χ3v) is 3.64. The number of hydrogen-bond donors (Lipinski definition) is 1. The van der Waals surface area contributed by atoms with E-state index in [2.05, 4.69) is 17.4 Å². The Morgan fingerprint density at radius 2 is 2.12 bits per heavy atom. The molecule has 1 aliphatic carbocycles. The van der Waals surface area contributed by atoms with Crippen molar-refractivity contribution in [2.45, 2.75) is 38.0 Å². The normalized spacial score (nSPS) is 15.6. The summed E-state index contributed by atoms with van der Waals surface area (Å²) in [6.07, 6.45) is 5.40. The van der Waals surface area contributed by atoms with Crippen LogP contribution in [0.3, 0.4) is 0 Å². The van der Waals surface area contributed by atoms with Crippen molar-refractivity contribution in [3.8, 4) is 0 Å². The zero-order valence-electron chi connectivity index (χ0n) is 10.5. The van der Waals surface area contributed by atoms with E-state index in [9.17, 15) is 4.79 Å². The zero-order chi connectivity index (χ0) is 12.1. The molecule has 0 aromatic heterocycles. The van der Waals surface area contributed by atoms with Gasteiger partial charge in [0.1, 0.15) is 0 Å². The lowest BCUT2D eigenvalue weighted by Crippen LogP contribution is -2.15. The van der Waals surface area contributed by atoms with Crippen LogP contribution in [0.5, 0.6) is 0 Å². The number of carbonyl (C=O) groups excluding carboxylic acids is 1. The summed E-state index contributed by atoms with van der Waals surface area (Å²) in [6.45, 7) is 0.914. The molecule has 1 saturated carbocycles. The molecule has 0 atom stereocenters. The largest absolute Gasteiger partial charge is 0.320 e.